The van der Waals surface area contributed by atoms with E-state index in [-0.39, 0.29) is 0 Å². The molecule has 1 aromatic carbocycles. The van der Waals surface area contributed by atoms with Crippen LogP contribution in [0.1, 0.15) is 31.2 Å². The second kappa shape index (κ2) is 7.52. The molecule has 0 aliphatic carbocycles. The highest BCUT2D eigenvalue weighted by Crippen LogP contribution is 2.20. The molecule has 0 bridgehead atoms. The number of nitriles is 1. The van der Waals surface area contributed by atoms with E-state index in [0.29, 0.717) is 5.56 Å². The number of anilines is 1. The summed E-state index contributed by atoms with van der Waals surface area (Å²) in [6.07, 6.45) is 5.38. The van der Waals surface area contributed by atoms with Crippen molar-refractivity contribution >= 4 is 21.6 Å². The van der Waals surface area contributed by atoms with Crippen molar-refractivity contribution in [3.8, 4) is 6.07 Å². The Bertz CT molecular complexity index is 445. The van der Waals surface area contributed by atoms with Crippen molar-refractivity contribution in [3.63, 3.8) is 0 Å². The molecule has 3 nitrogen and oxygen atoms in total. The van der Waals surface area contributed by atoms with Gasteiger partial charge in [-0.15, -0.1) is 0 Å². The van der Waals surface area contributed by atoms with Crippen molar-refractivity contribution in [2.24, 2.45) is 0 Å². The van der Waals surface area contributed by atoms with Crippen LogP contribution in [0.4, 0.5) is 5.69 Å². The van der Waals surface area contributed by atoms with Gasteiger partial charge in [0.25, 0.3) is 0 Å². The van der Waals surface area contributed by atoms with Crippen LogP contribution in [0, 0.1) is 11.3 Å². The van der Waals surface area contributed by atoms with Crippen LogP contribution in [0.15, 0.2) is 22.7 Å². The van der Waals surface area contributed by atoms with Gasteiger partial charge in [-0.25, -0.2) is 0 Å². The normalized spacial score (nSPS) is 16.6. The number of likely N-dealkylation sites (tertiary alicyclic amines) is 1. The number of hydrogen-bond donors (Lipinski definition) is 1. The van der Waals surface area contributed by atoms with Gasteiger partial charge < -0.3 is 10.2 Å². The van der Waals surface area contributed by atoms with Crippen LogP contribution in [0.2, 0.25) is 0 Å². The van der Waals surface area contributed by atoms with Crippen molar-refractivity contribution in [1.29, 1.82) is 5.26 Å². The van der Waals surface area contributed by atoms with Crippen LogP contribution in [0.3, 0.4) is 0 Å². The average Bonchev–Trinajstić information content (AvgIpc) is 2.68. The zero-order valence-corrected chi connectivity index (χ0v) is 12.7. The number of nitrogens with zero attached hydrogens (tertiary/aromatic N) is 2. The van der Waals surface area contributed by atoms with E-state index in [0.717, 1.165) is 23.2 Å². The van der Waals surface area contributed by atoms with E-state index < -0.39 is 0 Å². The lowest BCUT2D eigenvalue weighted by Crippen LogP contribution is -2.30. The first-order valence-corrected chi connectivity index (χ1v) is 7.75. The average molecular weight is 322 g/mol. The highest BCUT2D eigenvalue weighted by atomic mass is 79.9. The standard InChI is InChI=1S/C15H20BrN3/c16-14-6-5-13(12-17)15(11-14)18-7-10-19-8-3-1-2-4-9-19/h5-6,11,18H,1-4,7-10H2. The second-order valence-corrected chi connectivity index (χ2v) is 5.90. The first-order valence-electron chi connectivity index (χ1n) is 6.95. The van der Waals surface area contributed by atoms with Crippen LogP contribution in [-0.4, -0.2) is 31.1 Å². The fourth-order valence-corrected chi connectivity index (χ4v) is 2.83. The molecule has 0 aromatic heterocycles. The molecule has 0 radical (unpaired) electrons. The van der Waals surface area contributed by atoms with Crippen molar-refractivity contribution in [3.05, 3.63) is 28.2 Å². The summed E-state index contributed by atoms with van der Waals surface area (Å²) in [5, 5.41) is 12.5. The predicted molar refractivity (Wildman–Crippen MR) is 82.3 cm³/mol. The Morgan fingerprint density at radius 3 is 2.63 bits per heavy atom. The van der Waals surface area contributed by atoms with Gasteiger partial charge in [0.15, 0.2) is 0 Å². The Kier molecular flexibility index (Phi) is 5.68. The highest BCUT2D eigenvalue weighted by Gasteiger charge is 2.08. The molecule has 1 heterocycles. The smallest absolute Gasteiger partial charge is 0.101 e. The van der Waals surface area contributed by atoms with Gasteiger partial charge in [-0.05, 0) is 44.1 Å². The molecular weight excluding hydrogens is 302 g/mol. The van der Waals surface area contributed by atoms with Gasteiger partial charge >= 0.3 is 0 Å². The van der Waals surface area contributed by atoms with Gasteiger partial charge in [0.05, 0.1) is 11.3 Å². The quantitative estimate of drug-likeness (QED) is 0.920. The molecule has 102 valence electrons. The molecule has 0 amide bonds. The molecule has 0 spiro atoms. The van der Waals surface area contributed by atoms with Crippen molar-refractivity contribution in [2.45, 2.75) is 25.7 Å². The number of hydrogen-bond acceptors (Lipinski definition) is 3. The molecule has 0 atom stereocenters. The highest BCUT2D eigenvalue weighted by molar-refractivity contribution is 9.10. The molecule has 0 unspecified atom stereocenters. The van der Waals surface area contributed by atoms with E-state index >= 15 is 0 Å². The molecular formula is C15H20BrN3. The summed E-state index contributed by atoms with van der Waals surface area (Å²) in [7, 11) is 0. The number of halogens is 1. The summed E-state index contributed by atoms with van der Waals surface area (Å²) in [5.41, 5.74) is 1.63. The summed E-state index contributed by atoms with van der Waals surface area (Å²) in [5.74, 6) is 0. The first-order chi connectivity index (χ1) is 9.29. The van der Waals surface area contributed by atoms with Gasteiger partial charge in [0.2, 0.25) is 0 Å². The Hall–Kier alpha value is -1.05. The molecule has 1 fully saturated rings. The number of nitrogens with one attached hydrogen (secondary N) is 1. The second-order valence-electron chi connectivity index (χ2n) is 4.98. The molecule has 19 heavy (non-hydrogen) atoms. The molecule has 1 aliphatic heterocycles. The SMILES string of the molecule is N#Cc1ccc(Br)cc1NCCN1CCCCCC1. The Morgan fingerprint density at radius 1 is 1.21 bits per heavy atom. The third-order valence-corrected chi connectivity index (χ3v) is 4.04. The maximum atomic E-state index is 9.08. The minimum atomic E-state index is 0.707. The molecule has 1 aliphatic rings. The molecule has 0 saturated carbocycles. The van der Waals surface area contributed by atoms with Gasteiger partial charge in [0.1, 0.15) is 6.07 Å². The Morgan fingerprint density at radius 2 is 1.95 bits per heavy atom. The summed E-state index contributed by atoms with van der Waals surface area (Å²) >= 11 is 3.44. The van der Waals surface area contributed by atoms with Crippen molar-refractivity contribution in [1.82, 2.24) is 4.90 Å². The van der Waals surface area contributed by atoms with Gasteiger partial charge in [0, 0.05) is 17.6 Å². The first kappa shape index (κ1) is 14.4. The van der Waals surface area contributed by atoms with Crippen LogP contribution >= 0.6 is 15.9 Å². The summed E-state index contributed by atoms with van der Waals surface area (Å²) < 4.78 is 1.00. The molecule has 2 rings (SSSR count). The fourth-order valence-electron chi connectivity index (χ4n) is 2.47. The monoisotopic (exact) mass is 321 g/mol. The maximum absolute atomic E-state index is 9.08. The van der Waals surface area contributed by atoms with Gasteiger partial charge in [-0.3, -0.25) is 0 Å². The maximum Gasteiger partial charge on any atom is 0.101 e. The lowest BCUT2D eigenvalue weighted by Gasteiger charge is -2.20. The van der Waals surface area contributed by atoms with Gasteiger partial charge in [-0.1, -0.05) is 28.8 Å². The lowest BCUT2D eigenvalue weighted by atomic mass is 10.2. The molecule has 4 heteroatoms. The third-order valence-electron chi connectivity index (χ3n) is 3.54. The molecule has 1 saturated heterocycles. The third kappa shape index (κ3) is 4.52. The minimum absolute atomic E-state index is 0.707. The fraction of sp³-hybridized carbons (Fsp3) is 0.533. The number of benzene rings is 1. The number of rotatable bonds is 4. The zero-order chi connectivity index (χ0) is 13.5. The van der Waals surface area contributed by atoms with E-state index in [4.69, 9.17) is 5.26 Å². The topological polar surface area (TPSA) is 39.1 Å². The van der Waals surface area contributed by atoms with Crippen molar-refractivity contribution < 1.29 is 0 Å². The largest absolute Gasteiger partial charge is 0.383 e. The van der Waals surface area contributed by atoms with Crippen LogP contribution in [0.5, 0.6) is 0 Å². The summed E-state index contributed by atoms with van der Waals surface area (Å²) in [4.78, 5) is 2.52. The van der Waals surface area contributed by atoms with Crippen LogP contribution in [-0.2, 0) is 0 Å². The van der Waals surface area contributed by atoms with E-state index in [1.54, 1.807) is 0 Å². The minimum Gasteiger partial charge on any atom is -0.383 e. The van der Waals surface area contributed by atoms with E-state index in [9.17, 15) is 0 Å². The molecule has 1 aromatic rings. The van der Waals surface area contributed by atoms with E-state index in [2.05, 4.69) is 32.2 Å². The van der Waals surface area contributed by atoms with Gasteiger partial charge in [-0.2, -0.15) is 5.26 Å². The summed E-state index contributed by atoms with van der Waals surface area (Å²) in [6.45, 7) is 4.37. The van der Waals surface area contributed by atoms with Crippen LogP contribution in [0.25, 0.3) is 0 Å². The Labute approximate surface area is 123 Å². The predicted octanol–water partition coefficient (Wildman–Crippen LogP) is 3.61. The summed E-state index contributed by atoms with van der Waals surface area (Å²) in [6, 6.07) is 7.94. The zero-order valence-electron chi connectivity index (χ0n) is 11.2. The van der Waals surface area contributed by atoms with Crippen LogP contribution < -0.4 is 5.32 Å². The lowest BCUT2D eigenvalue weighted by molar-refractivity contribution is 0.296. The van der Waals surface area contributed by atoms with E-state index in [1.807, 2.05) is 18.2 Å². The van der Waals surface area contributed by atoms with E-state index in [1.165, 1.54) is 38.8 Å². The Balaban J connectivity index is 1.85. The van der Waals surface area contributed by atoms with Crippen molar-refractivity contribution in [2.75, 3.05) is 31.5 Å². The molecule has 1 N–H and O–H groups in total.